The molecule has 0 saturated heterocycles. The van der Waals surface area contributed by atoms with Crippen molar-refractivity contribution in [2.75, 3.05) is 12.4 Å². The van der Waals surface area contributed by atoms with Gasteiger partial charge < -0.3 is 15.4 Å². The minimum atomic E-state index is -0.950. The molecule has 0 atom stereocenters. The third-order valence-corrected chi connectivity index (χ3v) is 4.69. The molecule has 0 spiro atoms. The van der Waals surface area contributed by atoms with Gasteiger partial charge in [0.2, 0.25) is 11.9 Å². The van der Waals surface area contributed by atoms with E-state index in [2.05, 4.69) is 20.6 Å². The molecule has 0 aliphatic heterocycles. The van der Waals surface area contributed by atoms with Crippen LogP contribution in [0.3, 0.4) is 0 Å². The standard InChI is InChI=1S/C18H20F2N4O2/c1-3-18(7-4-8-18)24-17(25)16-12(26-2)5-6-15(23-16)21-11-9-13(19)22-14(20)10-11/h5-6,9-10H,3-4,7-8H2,1-2H3,(H,24,25)(H,21,22,23). The van der Waals surface area contributed by atoms with Gasteiger partial charge in [-0.3, -0.25) is 4.79 Å². The van der Waals surface area contributed by atoms with Crippen molar-refractivity contribution in [1.82, 2.24) is 15.3 Å². The Morgan fingerprint density at radius 3 is 2.46 bits per heavy atom. The fourth-order valence-corrected chi connectivity index (χ4v) is 3.00. The van der Waals surface area contributed by atoms with Gasteiger partial charge in [0, 0.05) is 23.4 Å². The van der Waals surface area contributed by atoms with Crippen molar-refractivity contribution in [3.8, 4) is 5.75 Å². The van der Waals surface area contributed by atoms with E-state index < -0.39 is 11.9 Å². The van der Waals surface area contributed by atoms with Gasteiger partial charge in [-0.05, 0) is 37.8 Å². The highest BCUT2D eigenvalue weighted by atomic mass is 19.1. The quantitative estimate of drug-likeness (QED) is 0.769. The largest absolute Gasteiger partial charge is 0.494 e. The Hall–Kier alpha value is -2.77. The van der Waals surface area contributed by atoms with Crippen LogP contribution in [0.25, 0.3) is 0 Å². The second kappa shape index (κ2) is 7.23. The summed E-state index contributed by atoms with van der Waals surface area (Å²) in [4.78, 5) is 20.0. The number of hydrogen-bond acceptors (Lipinski definition) is 5. The number of rotatable bonds is 6. The van der Waals surface area contributed by atoms with E-state index in [0.717, 1.165) is 37.8 Å². The van der Waals surface area contributed by atoms with Crippen molar-refractivity contribution in [2.24, 2.45) is 0 Å². The molecule has 2 aromatic heterocycles. The molecule has 1 amide bonds. The van der Waals surface area contributed by atoms with Gasteiger partial charge in [-0.15, -0.1) is 0 Å². The molecule has 3 rings (SSSR count). The Morgan fingerprint density at radius 1 is 1.23 bits per heavy atom. The van der Waals surface area contributed by atoms with Gasteiger partial charge in [-0.2, -0.15) is 13.8 Å². The number of ether oxygens (including phenoxy) is 1. The van der Waals surface area contributed by atoms with Crippen molar-refractivity contribution in [1.29, 1.82) is 0 Å². The van der Waals surface area contributed by atoms with Gasteiger partial charge >= 0.3 is 0 Å². The summed E-state index contributed by atoms with van der Waals surface area (Å²) in [5.74, 6) is -1.65. The zero-order chi connectivity index (χ0) is 18.7. The first kappa shape index (κ1) is 18.0. The van der Waals surface area contributed by atoms with Crippen LogP contribution in [0.5, 0.6) is 5.75 Å². The summed E-state index contributed by atoms with van der Waals surface area (Å²) in [6.07, 6.45) is 3.80. The number of carbonyl (C=O) groups excluding carboxylic acids is 1. The van der Waals surface area contributed by atoms with Crippen LogP contribution in [0.1, 0.15) is 43.1 Å². The monoisotopic (exact) mass is 362 g/mol. The van der Waals surface area contributed by atoms with Crippen LogP contribution in [0, 0.1) is 11.9 Å². The van der Waals surface area contributed by atoms with Crippen molar-refractivity contribution in [3.63, 3.8) is 0 Å². The van der Waals surface area contributed by atoms with E-state index in [1.807, 2.05) is 6.92 Å². The molecule has 1 saturated carbocycles. The highest BCUT2D eigenvalue weighted by molar-refractivity contribution is 5.96. The first-order valence-electron chi connectivity index (χ1n) is 8.42. The van der Waals surface area contributed by atoms with E-state index in [1.54, 1.807) is 12.1 Å². The summed E-state index contributed by atoms with van der Waals surface area (Å²) in [6.45, 7) is 2.04. The molecule has 0 bridgehead atoms. The molecule has 0 radical (unpaired) electrons. The van der Waals surface area contributed by atoms with Crippen LogP contribution in [0.15, 0.2) is 24.3 Å². The molecule has 1 aliphatic carbocycles. The van der Waals surface area contributed by atoms with E-state index >= 15 is 0 Å². The van der Waals surface area contributed by atoms with Gasteiger partial charge in [0.1, 0.15) is 11.6 Å². The minimum absolute atomic E-state index is 0.118. The number of amides is 1. The molecule has 2 N–H and O–H groups in total. The van der Waals surface area contributed by atoms with Crippen LogP contribution in [0.2, 0.25) is 0 Å². The Bertz CT molecular complexity index is 799. The zero-order valence-electron chi connectivity index (χ0n) is 14.6. The summed E-state index contributed by atoms with van der Waals surface area (Å²) in [6, 6.07) is 5.21. The van der Waals surface area contributed by atoms with Crippen LogP contribution >= 0.6 is 0 Å². The topological polar surface area (TPSA) is 76.1 Å². The van der Waals surface area contributed by atoms with Crippen LogP contribution < -0.4 is 15.4 Å². The van der Waals surface area contributed by atoms with Gasteiger partial charge in [0.05, 0.1) is 7.11 Å². The van der Waals surface area contributed by atoms with Crippen LogP contribution in [-0.2, 0) is 0 Å². The summed E-state index contributed by atoms with van der Waals surface area (Å²) in [5.41, 5.74) is 0.0696. The van der Waals surface area contributed by atoms with Gasteiger partial charge in [-0.25, -0.2) is 4.98 Å². The molecular formula is C18H20F2N4O2. The molecule has 26 heavy (non-hydrogen) atoms. The number of carbonyl (C=O) groups is 1. The number of anilines is 2. The fourth-order valence-electron chi connectivity index (χ4n) is 3.00. The molecule has 138 valence electrons. The first-order valence-corrected chi connectivity index (χ1v) is 8.42. The molecule has 2 aromatic rings. The average Bonchev–Trinajstić information content (AvgIpc) is 2.57. The second-order valence-electron chi connectivity index (χ2n) is 6.32. The Balaban J connectivity index is 1.85. The summed E-state index contributed by atoms with van der Waals surface area (Å²) in [5, 5.41) is 5.81. The van der Waals surface area contributed by atoms with Gasteiger partial charge in [-0.1, -0.05) is 6.92 Å². The lowest BCUT2D eigenvalue weighted by molar-refractivity contribution is 0.0812. The van der Waals surface area contributed by atoms with Crippen molar-refractivity contribution >= 4 is 17.4 Å². The van der Waals surface area contributed by atoms with E-state index in [1.165, 1.54) is 7.11 Å². The zero-order valence-corrected chi connectivity index (χ0v) is 14.6. The third-order valence-electron chi connectivity index (χ3n) is 4.69. The van der Waals surface area contributed by atoms with Crippen molar-refractivity contribution < 1.29 is 18.3 Å². The number of hydrogen-bond donors (Lipinski definition) is 2. The Kier molecular flexibility index (Phi) is 5.01. The molecule has 1 aliphatic rings. The SMILES string of the molecule is CCC1(NC(=O)c2nc(Nc3cc(F)nc(F)c3)ccc2OC)CCC1. The lowest BCUT2D eigenvalue weighted by Gasteiger charge is -2.41. The average molecular weight is 362 g/mol. The number of aromatic nitrogens is 2. The molecule has 8 heteroatoms. The molecule has 1 fully saturated rings. The predicted octanol–water partition coefficient (Wildman–Crippen LogP) is 3.57. The fraction of sp³-hybridized carbons (Fsp3) is 0.389. The van der Waals surface area contributed by atoms with Crippen LogP contribution in [0.4, 0.5) is 20.3 Å². The summed E-state index contributed by atoms with van der Waals surface area (Å²) in [7, 11) is 1.45. The number of nitrogens with zero attached hydrogens (tertiary/aromatic N) is 2. The smallest absolute Gasteiger partial charge is 0.274 e. The molecule has 0 unspecified atom stereocenters. The van der Waals surface area contributed by atoms with E-state index in [4.69, 9.17) is 4.74 Å². The van der Waals surface area contributed by atoms with Crippen LogP contribution in [-0.4, -0.2) is 28.5 Å². The van der Waals surface area contributed by atoms with E-state index in [9.17, 15) is 13.6 Å². The van der Waals surface area contributed by atoms with Gasteiger partial charge in [0.25, 0.3) is 5.91 Å². The normalized spacial score (nSPS) is 15.1. The van der Waals surface area contributed by atoms with Crippen molar-refractivity contribution in [3.05, 3.63) is 41.9 Å². The molecule has 2 heterocycles. The highest BCUT2D eigenvalue weighted by Gasteiger charge is 2.37. The first-order chi connectivity index (χ1) is 12.4. The van der Waals surface area contributed by atoms with Gasteiger partial charge in [0.15, 0.2) is 5.69 Å². The molecule has 6 nitrogen and oxygen atoms in total. The van der Waals surface area contributed by atoms with Crippen molar-refractivity contribution in [2.45, 2.75) is 38.1 Å². The predicted molar refractivity (Wildman–Crippen MR) is 92.6 cm³/mol. The maximum atomic E-state index is 13.2. The lowest BCUT2D eigenvalue weighted by atomic mass is 9.75. The molecular weight excluding hydrogens is 342 g/mol. The summed E-state index contributed by atoms with van der Waals surface area (Å²) >= 11 is 0. The number of pyridine rings is 2. The number of methoxy groups -OCH3 is 1. The highest BCUT2D eigenvalue weighted by Crippen LogP contribution is 2.35. The maximum Gasteiger partial charge on any atom is 0.274 e. The van der Waals surface area contributed by atoms with E-state index in [0.29, 0.717) is 5.75 Å². The Morgan fingerprint density at radius 2 is 1.92 bits per heavy atom. The second-order valence-corrected chi connectivity index (χ2v) is 6.32. The molecule has 0 aromatic carbocycles. The number of halogens is 2. The maximum absolute atomic E-state index is 13.2. The van der Waals surface area contributed by atoms with E-state index in [-0.39, 0.29) is 28.6 Å². The lowest BCUT2D eigenvalue weighted by Crippen LogP contribution is -2.53. The third kappa shape index (κ3) is 3.74. The minimum Gasteiger partial charge on any atom is -0.494 e. The Labute approximate surface area is 150 Å². The number of nitrogens with one attached hydrogen (secondary N) is 2. The summed E-state index contributed by atoms with van der Waals surface area (Å²) < 4.78 is 31.7.